The van der Waals surface area contributed by atoms with Gasteiger partial charge in [0.25, 0.3) is 0 Å². The van der Waals surface area contributed by atoms with Crippen molar-refractivity contribution in [3.05, 3.63) is 0 Å². The highest BCUT2D eigenvalue weighted by Crippen LogP contribution is 2.25. The molecule has 0 fully saturated rings. The van der Waals surface area contributed by atoms with E-state index in [1.807, 2.05) is 0 Å². The first kappa shape index (κ1) is 30.6. The van der Waals surface area contributed by atoms with Crippen LogP contribution in [0.3, 0.4) is 0 Å². The van der Waals surface area contributed by atoms with E-state index in [-0.39, 0.29) is 25.1 Å². The Bertz CT molecular complexity index is 75.5. The summed E-state index contributed by atoms with van der Waals surface area (Å²) < 4.78 is 8.88. The Kier molecular flexibility index (Phi) is 45.9. The first-order chi connectivity index (χ1) is 3.41. The third-order valence-corrected chi connectivity index (χ3v) is 0. The average molecular weight is 195 g/mol. The molecule has 0 amide bonds. The zero-order valence-electron chi connectivity index (χ0n) is 6.47. The molecule has 0 bridgehead atoms. The van der Waals surface area contributed by atoms with Crippen LogP contribution in [0.5, 0.6) is 0 Å². The van der Waals surface area contributed by atoms with Crippen LogP contribution in [0.15, 0.2) is 0 Å². The molecule has 0 aromatic heterocycles. The number of hydrogen-bond acceptors (Lipinski definition) is 5. The van der Waals surface area contributed by atoms with Gasteiger partial charge in [-0.05, 0) is 6.92 Å². The van der Waals surface area contributed by atoms with E-state index in [1.165, 1.54) is 0 Å². The van der Waals surface area contributed by atoms with Crippen molar-refractivity contribution in [2.45, 2.75) is 6.92 Å². The molecule has 0 unspecified atom stereocenters. The van der Waals surface area contributed by atoms with Gasteiger partial charge in [0.15, 0.2) is 0 Å². The maximum atomic E-state index is 8.88. The van der Waals surface area contributed by atoms with E-state index in [4.69, 9.17) is 24.4 Å². The highest BCUT2D eigenvalue weighted by molar-refractivity contribution is 7.45. The number of rotatable bonds is 0. The molecule has 0 atom stereocenters. The van der Waals surface area contributed by atoms with E-state index in [0.717, 1.165) is 0 Å². The molecule has 0 aromatic rings. The minimum absolute atomic E-state index is 0. The predicted molar refractivity (Wildman–Crippen MR) is 42.1 cm³/mol. The van der Waals surface area contributed by atoms with Crippen molar-refractivity contribution in [1.82, 2.24) is 18.5 Å². The van der Waals surface area contributed by atoms with Gasteiger partial charge in [-0.25, -0.2) is 4.57 Å². The maximum absolute atomic E-state index is 8.88. The van der Waals surface area contributed by atoms with Crippen molar-refractivity contribution < 1.29 is 24.4 Å². The van der Waals surface area contributed by atoms with Crippen LogP contribution in [0.2, 0.25) is 0 Å². The number of phosphoric acid groups is 1. The van der Waals surface area contributed by atoms with E-state index in [2.05, 4.69) is 0 Å². The summed E-state index contributed by atoms with van der Waals surface area (Å²) in [5.74, 6) is 0. The molecule has 8 nitrogen and oxygen atoms in total. The summed E-state index contributed by atoms with van der Waals surface area (Å²) in [6.07, 6.45) is 0. The van der Waals surface area contributed by atoms with Crippen molar-refractivity contribution in [1.29, 1.82) is 0 Å². The topological polar surface area (TPSA) is 203 Å². The monoisotopic (exact) mass is 195 g/mol. The van der Waals surface area contributed by atoms with Crippen LogP contribution in [0.4, 0.5) is 0 Å². The molecule has 0 aromatic carbocycles. The summed E-state index contributed by atoms with van der Waals surface area (Å²) >= 11 is 0. The Labute approximate surface area is 65.2 Å². The highest BCUT2D eigenvalue weighted by Gasteiger charge is 2.00. The lowest BCUT2D eigenvalue weighted by atomic mass is 10.9. The van der Waals surface area contributed by atoms with Crippen LogP contribution in [0.1, 0.15) is 6.92 Å². The van der Waals surface area contributed by atoms with Gasteiger partial charge in [-0.15, -0.1) is 0 Å². The summed E-state index contributed by atoms with van der Waals surface area (Å²) in [5.41, 5.74) is 0. The van der Waals surface area contributed by atoms with Crippen molar-refractivity contribution >= 4 is 7.82 Å². The Morgan fingerprint density at radius 1 is 1.09 bits per heavy atom. The molecule has 0 heterocycles. The molecule has 0 saturated heterocycles. The molecule has 11 heavy (non-hydrogen) atoms. The molecule has 9 heteroatoms. The van der Waals surface area contributed by atoms with Crippen LogP contribution >= 0.6 is 7.82 Å². The van der Waals surface area contributed by atoms with Crippen LogP contribution < -0.4 is 18.5 Å². The average Bonchev–Trinajstić information content (AvgIpc) is 1.27. The lowest BCUT2D eigenvalue weighted by Crippen LogP contribution is -1.66. The first-order valence-electron chi connectivity index (χ1n) is 1.81. The van der Waals surface area contributed by atoms with Crippen LogP contribution in [-0.2, 0) is 4.57 Å². The third-order valence-electron chi connectivity index (χ3n) is 0. The summed E-state index contributed by atoms with van der Waals surface area (Å²) in [6.45, 7) is 1.93. The van der Waals surface area contributed by atoms with Gasteiger partial charge in [0.2, 0.25) is 0 Å². The standard InChI is InChI=1S/C2H6O.3H3N.H3O4P/c1-2-3;;;;1-5(2,3)4/h3H,2H2,1H3;3*1H3;(H3,1,2,3,4). The van der Waals surface area contributed by atoms with E-state index >= 15 is 0 Å². The summed E-state index contributed by atoms with van der Waals surface area (Å²) in [4.78, 5) is 21.6. The molecular weight excluding hydrogens is 177 g/mol. The summed E-state index contributed by atoms with van der Waals surface area (Å²) in [5, 5.41) is 7.57. The Morgan fingerprint density at radius 3 is 1.09 bits per heavy atom. The van der Waals surface area contributed by atoms with Crippen molar-refractivity contribution in [3.8, 4) is 0 Å². The van der Waals surface area contributed by atoms with Gasteiger partial charge in [-0.1, -0.05) is 0 Å². The zero-order valence-corrected chi connectivity index (χ0v) is 7.37. The van der Waals surface area contributed by atoms with E-state index in [9.17, 15) is 0 Å². The Morgan fingerprint density at radius 2 is 1.09 bits per heavy atom. The van der Waals surface area contributed by atoms with E-state index in [1.54, 1.807) is 6.92 Å². The molecule has 0 aliphatic carbocycles. The van der Waals surface area contributed by atoms with Crippen molar-refractivity contribution in [2.24, 2.45) is 0 Å². The molecule has 0 radical (unpaired) electrons. The van der Waals surface area contributed by atoms with Crippen LogP contribution in [0, 0.1) is 0 Å². The smallest absolute Gasteiger partial charge is 0.397 e. The van der Waals surface area contributed by atoms with Crippen LogP contribution in [0.25, 0.3) is 0 Å². The lowest BCUT2D eigenvalue weighted by Gasteiger charge is -1.82. The molecular formula is C2H18N3O5P. The zero-order chi connectivity index (χ0) is 7.21. The predicted octanol–water partition coefficient (Wildman–Crippen LogP) is -0.444. The third kappa shape index (κ3) is 252000. The number of aliphatic hydroxyl groups excluding tert-OH is 1. The number of hydrogen-bond donors (Lipinski definition) is 7. The van der Waals surface area contributed by atoms with Gasteiger partial charge in [0.05, 0.1) is 0 Å². The van der Waals surface area contributed by atoms with Gasteiger partial charge < -0.3 is 38.2 Å². The normalized spacial score (nSPS) is 7.00. The van der Waals surface area contributed by atoms with Crippen LogP contribution in [-0.4, -0.2) is 26.4 Å². The quantitative estimate of drug-likeness (QED) is 0.251. The highest BCUT2D eigenvalue weighted by atomic mass is 31.2. The Hall–Kier alpha value is -0.0500. The SMILES string of the molecule is CCO.N.N.N.O=P(O)(O)O. The second-order valence-electron chi connectivity index (χ2n) is 0.830. The van der Waals surface area contributed by atoms with Gasteiger partial charge in [-0.2, -0.15) is 0 Å². The molecule has 0 spiro atoms. The molecule has 0 rings (SSSR count). The second kappa shape index (κ2) is 16.5. The van der Waals surface area contributed by atoms with Gasteiger partial charge in [0, 0.05) is 6.61 Å². The lowest BCUT2D eigenvalue weighted by molar-refractivity contribution is 0.275. The minimum Gasteiger partial charge on any atom is -0.397 e. The fourth-order valence-corrected chi connectivity index (χ4v) is 0. The summed E-state index contributed by atoms with van der Waals surface area (Å²) in [7, 11) is -4.64. The largest absolute Gasteiger partial charge is 0.466 e. The number of aliphatic hydroxyl groups is 1. The van der Waals surface area contributed by atoms with Crippen molar-refractivity contribution in [2.75, 3.05) is 6.61 Å². The summed E-state index contributed by atoms with van der Waals surface area (Å²) in [6, 6.07) is 0. The fraction of sp³-hybridized carbons (Fsp3) is 1.00. The Balaban J connectivity index is -0.0000000183. The molecule has 76 valence electrons. The van der Waals surface area contributed by atoms with Crippen molar-refractivity contribution in [3.63, 3.8) is 0 Å². The molecule has 0 saturated carbocycles. The molecule has 13 N–H and O–H groups in total. The molecule has 0 aliphatic rings. The van der Waals surface area contributed by atoms with E-state index < -0.39 is 7.82 Å². The van der Waals surface area contributed by atoms with Gasteiger partial charge in [0.1, 0.15) is 0 Å². The van der Waals surface area contributed by atoms with Gasteiger partial charge >= 0.3 is 7.82 Å². The van der Waals surface area contributed by atoms with E-state index in [0.29, 0.717) is 0 Å². The minimum atomic E-state index is -4.64. The molecule has 0 aliphatic heterocycles. The van der Waals surface area contributed by atoms with Gasteiger partial charge in [-0.3, -0.25) is 0 Å². The first-order valence-corrected chi connectivity index (χ1v) is 3.37. The fourth-order valence-electron chi connectivity index (χ4n) is 0. The maximum Gasteiger partial charge on any atom is 0.466 e. The second-order valence-corrected chi connectivity index (χ2v) is 1.86.